The number of hydrogen-bond donors (Lipinski definition) is 1. The van der Waals surface area contributed by atoms with Gasteiger partial charge in [-0.05, 0) is 24.1 Å². The molecule has 1 aromatic rings. The number of carboxylic acids is 1. The molecule has 0 spiro atoms. The highest BCUT2D eigenvalue weighted by atomic mass is 32.2. The average molecular weight is 380 g/mol. The molecule has 146 valence electrons. The quantitative estimate of drug-likeness (QED) is 0.519. The van der Waals surface area contributed by atoms with E-state index in [9.17, 15) is 4.79 Å². The van der Waals surface area contributed by atoms with Crippen molar-refractivity contribution in [3.63, 3.8) is 0 Å². The van der Waals surface area contributed by atoms with Crippen LogP contribution in [0.25, 0.3) is 0 Å². The van der Waals surface area contributed by atoms with Crippen molar-refractivity contribution in [2.45, 2.75) is 57.1 Å². The van der Waals surface area contributed by atoms with Gasteiger partial charge in [0.15, 0.2) is 0 Å². The van der Waals surface area contributed by atoms with Crippen molar-refractivity contribution in [2.75, 3.05) is 32.0 Å². The number of nitrogens with zero attached hydrogens (tertiary/aromatic N) is 1. The first-order valence-electron chi connectivity index (χ1n) is 9.97. The van der Waals surface area contributed by atoms with E-state index >= 15 is 0 Å². The van der Waals surface area contributed by atoms with Crippen LogP contribution in [0.1, 0.15) is 62.7 Å². The van der Waals surface area contributed by atoms with Gasteiger partial charge in [0.05, 0.1) is 13.0 Å². The van der Waals surface area contributed by atoms with Crippen molar-refractivity contribution in [1.82, 2.24) is 4.90 Å². The van der Waals surface area contributed by atoms with Gasteiger partial charge in [-0.25, -0.2) is 0 Å². The number of hydrogen-bond acceptors (Lipinski definition) is 4. The van der Waals surface area contributed by atoms with E-state index in [1.807, 2.05) is 11.8 Å². The van der Waals surface area contributed by atoms with Gasteiger partial charge in [0, 0.05) is 30.6 Å². The second-order valence-corrected chi connectivity index (χ2v) is 8.30. The van der Waals surface area contributed by atoms with E-state index in [1.54, 1.807) is 0 Å². The van der Waals surface area contributed by atoms with E-state index in [4.69, 9.17) is 9.84 Å². The molecule has 26 heavy (non-hydrogen) atoms. The van der Waals surface area contributed by atoms with Crippen LogP contribution in [0.4, 0.5) is 0 Å². The molecule has 0 aliphatic carbocycles. The third-order valence-electron chi connectivity index (χ3n) is 4.81. The molecule has 1 N–H and O–H groups in total. The molecule has 1 fully saturated rings. The SMILES string of the molecule is CCCCCCCCOc1ccc(C2CN(CCC(=O)O)CCS2)cc1. The fraction of sp³-hybridized carbons (Fsp3) is 0.667. The Morgan fingerprint density at radius 2 is 1.92 bits per heavy atom. The molecule has 1 aliphatic heterocycles. The summed E-state index contributed by atoms with van der Waals surface area (Å²) in [5, 5.41) is 9.28. The zero-order chi connectivity index (χ0) is 18.6. The minimum Gasteiger partial charge on any atom is -0.494 e. The summed E-state index contributed by atoms with van der Waals surface area (Å²) in [5.41, 5.74) is 1.31. The molecule has 0 amide bonds. The van der Waals surface area contributed by atoms with Gasteiger partial charge in [0.1, 0.15) is 5.75 Å². The first-order chi connectivity index (χ1) is 12.7. The van der Waals surface area contributed by atoms with Crippen LogP contribution in [0.5, 0.6) is 5.75 Å². The summed E-state index contributed by atoms with van der Waals surface area (Å²) in [6.45, 7) is 5.59. The van der Waals surface area contributed by atoms with E-state index < -0.39 is 5.97 Å². The van der Waals surface area contributed by atoms with Gasteiger partial charge in [-0.3, -0.25) is 4.79 Å². The number of thioether (sulfide) groups is 1. The van der Waals surface area contributed by atoms with Crippen molar-refractivity contribution in [3.05, 3.63) is 29.8 Å². The lowest BCUT2D eigenvalue weighted by molar-refractivity contribution is -0.137. The fourth-order valence-corrected chi connectivity index (χ4v) is 4.53. The molecule has 1 atom stereocenters. The molecule has 4 nitrogen and oxygen atoms in total. The van der Waals surface area contributed by atoms with Gasteiger partial charge in [-0.2, -0.15) is 11.8 Å². The Labute approximate surface area is 162 Å². The third-order valence-corrected chi connectivity index (χ3v) is 6.05. The number of benzene rings is 1. The maximum atomic E-state index is 10.8. The van der Waals surface area contributed by atoms with Crippen LogP contribution in [0.2, 0.25) is 0 Å². The summed E-state index contributed by atoms with van der Waals surface area (Å²) in [6, 6.07) is 8.47. The van der Waals surface area contributed by atoms with Gasteiger partial charge >= 0.3 is 5.97 Å². The minimum atomic E-state index is -0.716. The molecule has 0 bridgehead atoms. The topological polar surface area (TPSA) is 49.8 Å². The molecule has 0 radical (unpaired) electrons. The van der Waals surface area contributed by atoms with Gasteiger partial charge in [-0.15, -0.1) is 0 Å². The summed E-state index contributed by atoms with van der Waals surface area (Å²) in [4.78, 5) is 13.0. The van der Waals surface area contributed by atoms with Crippen LogP contribution in [0.3, 0.4) is 0 Å². The van der Waals surface area contributed by atoms with Gasteiger partial charge in [0.25, 0.3) is 0 Å². The molecule has 5 heteroatoms. The van der Waals surface area contributed by atoms with Crippen molar-refractivity contribution < 1.29 is 14.6 Å². The standard InChI is InChI=1S/C21H33NO3S/c1-2-3-4-5-6-7-15-25-19-10-8-18(9-11-19)20-17-22(14-16-26-20)13-12-21(23)24/h8-11,20H,2-7,12-17H2,1H3,(H,23,24). The summed E-state index contributed by atoms with van der Waals surface area (Å²) in [5.74, 6) is 1.29. The van der Waals surface area contributed by atoms with Crippen molar-refractivity contribution in [3.8, 4) is 5.75 Å². The summed E-state index contributed by atoms with van der Waals surface area (Å²) < 4.78 is 5.86. The third kappa shape index (κ3) is 8.00. The lowest BCUT2D eigenvalue weighted by Crippen LogP contribution is -2.35. The Morgan fingerprint density at radius 3 is 2.65 bits per heavy atom. The van der Waals surface area contributed by atoms with Crippen LogP contribution in [0, 0.1) is 0 Å². The predicted octanol–water partition coefficient (Wildman–Crippen LogP) is 4.99. The Bertz CT molecular complexity index is 520. The van der Waals surface area contributed by atoms with E-state index in [0.717, 1.165) is 37.6 Å². The lowest BCUT2D eigenvalue weighted by atomic mass is 10.1. The summed E-state index contributed by atoms with van der Waals surface area (Å²) in [6.07, 6.45) is 7.89. The monoisotopic (exact) mass is 379 g/mol. The van der Waals surface area contributed by atoms with Crippen LogP contribution in [0.15, 0.2) is 24.3 Å². The van der Waals surface area contributed by atoms with E-state index in [1.165, 1.54) is 37.7 Å². The van der Waals surface area contributed by atoms with Crippen LogP contribution in [-0.2, 0) is 4.79 Å². The van der Waals surface area contributed by atoms with Crippen molar-refractivity contribution in [2.24, 2.45) is 0 Å². The smallest absolute Gasteiger partial charge is 0.304 e. The Kier molecular flexibility index (Phi) is 9.93. The minimum absolute atomic E-state index is 0.225. The highest BCUT2D eigenvalue weighted by Crippen LogP contribution is 2.33. The maximum absolute atomic E-state index is 10.8. The normalized spacial score (nSPS) is 18.0. The van der Waals surface area contributed by atoms with Crippen molar-refractivity contribution in [1.29, 1.82) is 0 Å². The number of carboxylic acid groups (broad SMARTS) is 1. The Hall–Kier alpha value is -1.20. The molecule has 1 aromatic carbocycles. The number of carbonyl (C=O) groups is 1. The largest absolute Gasteiger partial charge is 0.494 e. The zero-order valence-electron chi connectivity index (χ0n) is 16.0. The Balaban J connectivity index is 1.70. The summed E-state index contributed by atoms with van der Waals surface area (Å²) >= 11 is 1.96. The van der Waals surface area contributed by atoms with Crippen LogP contribution in [-0.4, -0.2) is 48.0 Å². The Morgan fingerprint density at radius 1 is 1.19 bits per heavy atom. The van der Waals surface area contributed by atoms with E-state index in [0.29, 0.717) is 11.8 Å². The molecular weight excluding hydrogens is 346 g/mol. The molecule has 1 heterocycles. The molecule has 1 unspecified atom stereocenters. The molecule has 2 rings (SSSR count). The first-order valence-corrected chi connectivity index (χ1v) is 11.0. The fourth-order valence-electron chi connectivity index (χ4n) is 3.21. The van der Waals surface area contributed by atoms with Crippen LogP contribution < -0.4 is 4.74 Å². The van der Waals surface area contributed by atoms with E-state index in [-0.39, 0.29) is 6.42 Å². The summed E-state index contributed by atoms with van der Waals surface area (Å²) in [7, 11) is 0. The highest BCUT2D eigenvalue weighted by Gasteiger charge is 2.22. The average Bonchev–Trinajstić information content (AvgIpc) is 2.66. The number of rotatable bonds is 12. The highest BCUT2D eigenvalue weighted by molar-refractivity contribution is 7.99. The van der Waals surface area contributed by atoms with Crippen LogP contribution >= 0.6 is 11.8 Å². The van der Waals surface area contributed by atoms with Gasteiger partial charge in [0.2, 0.25) is 0 Å². The molecule has 0 saturated carbocycles. The van der Waals surface area contributed by atoms with Gasteiger partial charge in [-0.1, -0.05) is 51.2 Å². The lowest BCUT2D eigenvalue weighted by Gasteiger charge is -2.32. The van der Waals surface area contributed by atoms with Gasteiger partial charge < -0.3 is 14.7 Å². The first kappa shape index (κ1) is 21.1. The number of unbranched alkanes of at least 4 members (excludes halogenated alkanes) is 5. The molecule has 1 aliphatic rings. The molecule has 1 saturated heterocycles. The van der Waals surface area contributed by atoms with Crippen molar-refractivity contribution >= 4 is 17.7 Å². The maximum Gasteiger partial charge on any atom is 0.304 e. The zero-order valence-corrected chi connectivity index (χ0v) is 16.8. The second kappa shape index (κ2) is 12.2. The second-order valence-electron chi connectivity index (χ2n) is 6.99. The molecular formula is C21H33NO3S. The molecule has 0 aromatic heterocycles. The van der Waals surface area contributed by atoms with E-state index in [2.05, 4.69) is 36.1 Å². The predicted molar refractivity (Wildman–Crippen MR) is 109 cm³/mol. The number of ether oxygens (including phenoxy) is 1. The number of aliphatic carboxylic acids is 1.